The predicted octanol–water partition coefficient (Wildman–Crippen LogP) is 2.66. The van der Waals surface area contributed by atoms with E-state index in [0.717, 1.165) is 19.4 Å². The zero-order chi connectivity index (χ0) is 11.5. The van der Waals surface area contributed by atoms with Crippen molar-refractivity contribution in [1.29, 1.82) is 0 Å². The summed E-state index contributed by atoms with van der Waals surface area (Å²) in [6.45, 7) is 2.99. The molecule has 1 aliphatic rings. The molecule has 1 aromatic carbocycles. The molecule has 2 rings (SSSR count). The number of hydrogen-bond donors (Lipinski definition) is 0. The summed E-state index contributed by atoms with van der Waals surface area (Å²) < 4.78 is 0. The molecule has 2 heteroatoms. The molecule has 1 amide bonds. The summed E-state index contributed by atoms with van der Waals surface area (Å²) in [5, 5.41) is 0. The summed E-state index contributed by atoms with van der Waals surface area (Å²) in [6, 6.07) is 10.4. The van der Waals surface area contributed by atoms with Crippen molar-refractivity contribution in [3.63, 3.8) is 0 Å². The van der Waals surface area contributed by atoms with Crippen molar-refractivity contribution in [3.8, 4) is 0 Å². The first-order valence-electron chi connectivity index (χ1n) is 6.04. The van der Waals surface area contributed by atoms with E-state index in [1.807, 2.05) is 18.0 Å². The third-order valence-electron chi connectivity index (χ3n) is 3.62. The SMILES string of the molecule is CC[C@@H]1C(=O)N(C)CC[C@@H]1c1ccccc1. The molecule has 0 N–H and O–H groups in total. The van der Waals surface area contributed by atoms with Gasteiger partial charge in [-0.1, -0.05) is 37.3 Å². The quantitative estimate of drug-likeness (QED) is 0.745. The highest BCUT2D eigenvalue weighted by molar-refractivity contribution is 5.80. The summed E-state index contributed by atoms with van der Waals surface area (Å²) in [6.07, 6.45) is 2.02. The lowest BCUT2D eigenvalue weighted by Gasteiger charge is -2.35. The Bertz CT molecular complexity index is 360. The largest absolute Gasteiger partial charge is 0.345 e. The maximum atomic E-state index is 12.1. The minimum absolute atomic E-state index is 0.168. The molecule has 0 unspecified atom stereocenters. The first kappa shape index (κ1) is 11.2. The molecule has 1 fully saturated rings. The average molecular weight is 217 g/mol. The molecule has 0 saturated carbocycles. The van der Waals surface area contributed by atoms with Crippen LogP contribution in [0.2, 0.25) is 0 Å². The Kier molecular flexibility index (Phi) is 3.28. The number of nitrogens with zero attached hydrogens (tertiary/aromatic N) is 1. The van der Waals surface area contributed by atoms with Crippen LogP contribution < -0.4 is 0 Å². The Morgan fingerprint density at radius 1 is 1.31 bits per heavy atom. The second-order valence-electron chi connectivity index (χ2n) is 4.58. The maximum absolute atomic E-state index is 12.1. The van der Waals surface area contributed by atoms with Gasteiger partial charge < -0.3 is 4.90 Å². The highest BCUT2D eigenvalue weighted by atomic mass is 16.2. The Morgan fingerprint density at radius 3 is 2.62 bits per heavy atom. The molecule has 1 aromatic rings. The molecule has 1 aliphatic heterocycles. The van der Waals surface area contributed by atoms with E-state index >= 15 is 0 Å². The molecule has 16 heavy (non-hydrogen) atoms. The van der Waals surface area contributed by atoms with Gasteiger partial charge in [-0.25, -0.2) is 0 Å². The Hall–Kier alpha value is -1.31. The zero-order valence-corrected chi connectivity index (χ0v) is 10.0. The van der Waals surface area contributed by atoms with Crippen LogP contribution in [0.15, 0.2) is 30.3 Å². The van der Waals surface area contributed by atoms with E-state index in [9.17, 15) is 4.79 Å². The predicted molar refractivity (Wildman–Crippen MR) is 65.2 cm³/mol. The number of rotatable bonds is 2. The summed E-state index contributed by atoms with van der Waals surface area (Å²) in [5.41, 5.74) is 1.32. The van der Waals surface area contributed by atoms with E-state index in [4.69, 9.17) is 0 Å². The second kappa shape index (κ2) is 4.69. The van der Waals surface area contributed by atoms with Crippen LogP contribution in [-0.4, -0.2) is 24.4 Å². The third-order valence-corrected chi connectivity index (χ3v) is 3.62. The molecule has 2 atom stereocenters. The number of carbonyl (C=O) groups is 1. The molecule has 1 heterocycles. The summed E-state index contributed by atoms with van der Waals surface area (Å²) in [4.78, 5) is 13.9. The smallest absolute Gasteiger partial charge is 0.226 e. The van der Waals surface area contributed by atoms with Crippen molar-refractivity contribution >= 4 is 5.91 Å². The fraction of sp³-hybridized carbons (Fsp3) is 0.500. The van der Waals surface area contributed by atoms with Gasteiger partial charge in [0, 0.05) is 19.5 Å². The molecule has 0 spiro atoms. The van der Waals surface area contributed by atoms with Crippen LogP contribution in [-0.2, 0) is 4.79 Å². The lowest BCUT2D eigenvalue weighted by atomic mass is 9.79. The normalized spacial score (nSPS) is 25.9. The number of hydrogen-bond acceptors (Lipinski definition) is 1. The minimum Gasteiger partial charge on any atom is -0.345 e. The van der Waals surface area contributed by atoms with Crippen LogP contribution in [0.5, 0.6) is 0 Å². The molecule has 1 saturated heterocycles. The van der Waals surface area contributed by atoms with Crippen LogP contribution in [0.4, 0.5) is 0 Å². The molecule has 0 aromatic heterocycles. The van der Waals surface area contributed by atoms with Crippen LogP contribution in [0.1, 0.15) is 31.2 Å². The number of amides is 1. The topological polar surface area (TPSA) is 20.3 Å². The van der Waals surface area contributed by atoms with Crippen LogP contribution in [0, 0.1) is 5.92 Å². The van der Waals surface area contributed by atoms with Crippen LogP contribution >= 0.6 is 0 Å². The summed E-state index contributed by atoms with van der Waals surface area (Å²) in [5.74, 6) is 0.888. The summed E-state index contributed by atoms with van der Waals surface area (Å²) in [7, 11) is 1.91. The Morgan fingerprint density at radius 2 is 2.00 bits per heavy atom. The van der Waals surface area contributed by atoms with Gasteiger partial charge in [0.05, 0.1) is 0 Å². The monoisotopic (exact) mass is 217 g/mol. The van der Waals surface area contributed by atoms with E-state index in [-0.39, 0.29) is 5.92 Å². The standard InChI is InChI=1S/C14H19NO/c1-3-12-13(9-10-15(2)14(12)16)11-7-5-4-6-8-11/h4-8,12-13H,3,9-10H2,1-2H3/t12-,13+/m0/s1. The molecule has 2 nitrogen and oxygen atoms in total. The number of likely N-dealkylation sites (tertiary alicyclic amines) is 1. The Balaban J connectivity index is 2.24. The molecule has 0 bridgehead atoms. The fourth-order valence-electron chi connectivity index (χ4n) is 2.66. The van der Waals surface area contributed by atoms with E-state index in [2.05, 4.69) is 31.2 Å². The number of benzene rings is 1. The van der Waals surface area contributed by atoms with Gasteiger partial charge in [-0.15, -0.1) is 0 Å². The van der Waals surface area contributed by atoms with Gasteiger partial charge in [0.15, 0.2) is 0 Å². The van der Waals surface area contributed by atoms with E-state index in [1.54, 1.807) is 0 Å². The van der Waals surface area contributed by atoms with E-state index < -0.39 is 0 Å². The van der Waals surface area contributed by atoms with Crippen molar-refractivity contribution < 1.29 is 4.79 Å². The van der Waals surface area contributed by atoms with Crippen LogP contribution in [0.25, 0.3) is 0 Å². The van der Waals surface area contributed by atoms with Gasteiger partial charge in [0.2, 0.25) is 5.91 Å². The molecule has 86 valence electrons. The van der Waals surface area contributed by atoms with Crippen molar-refractivity contribution in [1.82, 2.24) is 4.90 Å². The maximum Gasteiger partial charge on any atom is 0.226 e. The first-order valence-corrected chi connectivity index (χ1v) is 6.04. The zero-order valence-electron chi connectivity index (χ0n) is 10.0. The minimum atomic E-state index is 0.168. The summed E-state index contributed by atoms with van der Waals surface area (Å²) >= 11 is 0. The number of piperidine rings is 1. The van der Waals surface area contributed by atoms with Crippen molar-refractivity contribution in [3.05, 3.63) is 35.9 Å². The second-order valence-corrected chi connectivity index (χ2v) is 4.58. The molecular weight excluding hydrogens is 198 g/mol. The van der Waals surface area contributed by atoms with Crippen molar-refractivity contribution in [2.75, 3.05) is 13.6 Å². The van der Waals surface area contributed by atoms with Crippen molar-refractivity contribution in [2.24, 2.45) is 5.92 Å². The van der Waals surface area contributed by atoms with E-state index in [1.165, 1.54) is 5.56 Å². The van der Waals surface area contributed by atoms with Gasteiger partial charge >= 0.3 is 0 Å². The number of carbonyl (C=O) groups excluding carboxylic acids is 1. The van der Waals surface area contributed by atoms with Gasteiger partial charge in [0.25, 0.3) is 0 Å². The van der Waals surface area contributed by atoms with Gasteiger partial charge in [-0.3, -0.25) is 4.79 Å². The molecule has 0 radical (unpaired) electrons. The van der Waals surface area contributed by atoms with E-state index in [0.29, 0.717) is 11.8 Å². The van der Waals surface area contributed by atoms with Gasteiger partial charge in [-0.2, -0.15) is 0 Å². The molecular formula is C14H19NO. The fourth-order valence-corrected chi connectivity index (χ4v) is 2.66. The molecule has 0 aliphatic carbocycles. The Labute approximate surface area is 97.3 Å². The lowest BCUT2D eigenvalue weighted by Crippen LogP contribution is -2.42. The first-order chi connectivity index (χ1) is 7.74. The highest BCUT2D eigenvalue weighted by Gasteiger charge is 2.34. The van der Waals surface area contributed by atoms with Gasteiger partial charge in [0.1, 0.15) is 0 Å². The van der Waals surface area contributed by atoms with Gasteiger partial charge in [-0.05, 0) is 24.3 Å². The highest BCUT2D eigenvalue weighted by Crippen LogP contribution is 2.34. The third kappa shape index (κ3) is 1.97. The van der Waals surface area contributed by atoms with Crippen LogP contribution in [0.3, 0.4) is 0 Å². The average Bonchev–Trinajstić information content (AvgIpc) is 2.33. The lowest BCUT2D eigenvalue weighted by molar-refractivity contribution is -0.137. The van der Waals surface area contributed by atoms with Crippen molar-refractivity contribution in [2.45, 2.75) is 25.7 Å².